The van der Waals surface area contributed by atoms with Crippen molar-refractivity contribution < 1.29 is 14.7 Å². The van der Waals surface area contributed by atoms with Crippen molar-refractivity contribution in [1.29, 1.82) is 0 Å². The summed E-state index contributed by atoms with van der Waals surface area (Å²) in [7, 11) is 0. The van der Waals surface area contributed by atoms with Crippen LogP contribution in [0.4, 0.5) is 5.69 Å². The van der Waals surface area contributed by atoms with Gasteiger partial charge < -0.3 is 10.0 Å². The first-order chi connectivity index (χ1) is 15.4. The molecule has 2 atom stereocenters. The van der Waals surface area contributed by atoms with Crippen LogP contribution in [0.1, 0.15) is 52.6 Å². The van der Waals surface area contributed by atoms with E-state index < -0.39 is 5.97 Å². The van der Waals surface area contributed by atoms with Gasteiger partial charge in [-0.05, 0) is 48.6 Å². The van der Waals surface area contributed by atoms with E-state index >= 15 is 0 Å². The molecule has 1 N–H and O–H groups in total. The summed E-state index contributed by atoms with van der Waals surface area (Å²) in [5.74, 6) is -1.11. The summed E-state index contributed by atoms with van der Waals surface area (Å²) in [6.07, 6.45) is 3.89. The van der Waals surface area contributed by atoms with E-state index in [2.05, 4.69) is 6.92 Å². The molecule has 2 aromatic carbocycles. The van der Waals surface area contributed by atoms with Crippen LogP contribution in [0.15, 0.2) is 54.6 Å². The number of benzene rings is 2. The highest BCUT2D eigenvalue weighted by atomic mass is 35.5. The van der Waals surface area contributed by atoms with Crippen molar-refractivity contribution in [3.05, 3.63) is 75.1 Å². The number of anilines is 1. The van der Waals surface area contributed by atoms with Crippen LogP contribution in [-0.2, 0) is 0 Å². The lowest BCUT2D eigenvalue weighted by atomic mass is 9.84. The molecule has 1 fully saturated rings. The number of carbonyl (C=O) groups is 2. The van der Waals surface area contributed by atoms with E-state index in [1.54, 1.807) is 23.1 Å². The molecule has 166 valence electrons. The van der Waals surface area contributed by atoms with E-state index in [1.807, 2.05) is 36.4 Å². The molecule has 0 radical (unpaired) electrons. The summed E-state index contributed by atoms with van der Waals surface area (Å²) in [6, 6.07) is 16.1. The van der Waals surface area contributed by atoms with Gasteiger partial charge in [0.05, 0.1) is 16.3 Å². The summed E-state index contributed by atoms with van der Waals surface area (Å²) in [6.45, 7) is 2.12. The van der Waals surface area contributed by atoms with Crippen molar-refractivity contribution in [2.24, 2.45) is 5.92 Å². The highest BCUT2D eigenvalue weighted by molar-refractivity contribution is 7.18. The van der Waals surface area contributed by atoms with Crippen molar-refractivity contribution in [2.75, 3.05) is 4.90 Å². The Labute approximate surface area is 201 Å². The van der Waals surface area contributed by atoms with Gasteiger partial charge in [0, 0.05) is 15.9 Å². The topological polar surface area (TPSA) is 57.6 Å². The van der Waals surface area contributed by atoms with Gasteiger partial charge in [-0.1, -0.05) is 73.3 Å². The van der Waals surface area contributed by atoms with Crippen LogP contribution < -0.4 is 4.90 Å². The van der Waals surface area contributed by atoms with Crippen molar-refractivity contribution >= 4 is 52.1 Å². The Bertz CT molecular complexity index is 1150. The van der Waals surface area contributed by atoms with E-state index in [-0.39, 0.29) is 27.8 Å². The summed E-state index contributed by atoms with van der Waals surface area (Å²) in [4.78, 5) is 28.7. The van der Waals surface area contributed by atoms with Crippen molar-refractivity contribution in [3.8, 4) is 10.4 Å². The normalized spacial score (nSPS) is 18.3. The maximum Gasteiger partial charge on any atom is 0.348 e. The number of aromatic carboxylic acids is 1. The van der Waals surface area contributed by atoms with Gasteiger partial charge in [-0.15, -0.1) is 11.3 Å². The Balaban J connectivity index is 1.87. The Morgan fingerprint density at radius 3 is 2.41 bits per heavy atom. The van der Waals surface area contributed by atoms with Gasteiger partial charge in [0.1, 0.15) is 4.88 Å². The summed E-state index contributed by atoms with van der Waals surface area (Å²) in [5.41, 5.74) is 1.66. The second kappa shape index (κ2) is 9.65. The van der Waals surface area contributed by atoms with Crippen LogP contribution in [0.25, 0.3) is 10.4 Å². The molecule has 0 bridgehead atoms. The number of hydrogen-bond acceptors (Lipinski definition) is 3. The fourth-order valence-corrected chi connectivity index (χ4v) is 5.85. The zero-order valence-electron chi connectivity index (χ0n) is 17.6. The molecule has 2 unspecified atom stereocenters. The fourth-order valence-electron chi connectivity index (χ4n) is 4.37. The first-order valence-corrected chi connectivity index (χ1v) is 12.1. The summed E-state index contributed by atoms with van der Waals surface area (Å²) in [5, 5.41) is 10.7. The molecule has 0 saturated heterocycles. The lowest BCUT2D eigenvalue weighted by molar-refractivity contribution is 0.0702. The molecular formula is C25H23Cl2NO3S. The second-order valence-electron chi connectivity index (χ2n) is 8.12. The third-order valence-electron chi connectivity index (χ3n) is 6.00. The molecule has 1 amide bonds. The Morgan fingerprint density at radius 2 is 1.75 bits per heavy atom. The summed E-state index contributed by atoms with van der Waals surface area (Å²) >= 11 is 13.6. The minimum atomic E-state index is -1.05. The number of rotatable bonds is 5. The molecule has 0 aliphatic heterocycles. The Morgan fingerprint density at radius 1 is 1.03 bits per heavy atom. The number of hydrogen-bond donors (Lipinski definition) is 1. The predicted octanol–water partition coefficient (Wildman–Crippen LogP) is 7.65. The number of carbonyl (C=O) groups excluding carboxylic acids is 1. The van der Waals surface area contributed by atoms with Crippen LogP contribution in [0.2, 0.25) is 10.0 Å². The molecule has 1 aliphatic carbocycles. The predicted molar refractivity (Wildman–Crippen MR) is 131 cm³/mol. The van der Waals surface area contributed by atoms with E-state index in [4.69, 9.17) is 23.2 Å². The zero-order chi connectivity index (χ0) is 22.8. The molecule has 1 aliphatic rings. The van der Waals surface area contributed by atoms with Gasteiger partial charge in [0.2, 0.25) is 0 Å². The number of thiophene rings is 1. The fraction of sp³-hybridized carbons (Fsp3) is 0.280. The maximum absolute atomic E-state index is 13.9. The first-order valence-electron chi connectivity index (χ1n) is 10.6. The monoisotopic (exact) mass is 487 g/mol. The van der Waals surface area contributed by atoms with Crippen LogP contribution in [0, 0.1) is 5.92 Å². The largest absolute Gasteiger partial charge is 0.477 e. The zero-order valence-corrected chi connectivity index (χ0v) is 19.9. The van der Waals surface area contributed by atoms with Gasteiger partial charge in [0.15, 0.2) is 0 Å². The minimum absolute atomic E-state index is 0.112. The van der Waals surface area contributed by atoms with Crippen LogP contribution in [0.3, 0.4) is 0 Å². The first kappa shape index (κ1) is 22.8. The molecule has 3 aromatic rings. The van der Waals surface area contributed by atoms with Gasteiger partial charge in [-0.25, -0.2) is 4.79 Å². The number of carboxylic acid groups (broad SMARTS) is 1. The molecule has 7 heteroatoms. The number of halogens is 2. The molecular weight excluding hydrogens is 465 g/mol. The van der Waals surface area contributed by atoms with Gasteiger partial charge in [-0.2, -0.15) is 0 Å². The van der Waals surface area contributed by atoms with Crippen molar-refractivity contribution in [3.63, 3.8) is 0 Å². The van der Waals surface area contributed by atoms with E-state index in [0.717, 1.165) is 36.1 Å². The van der Waals surface area contributed by atoms with E-state index in [0.29, 0.717) is 16.3 Å². The molecule has 4 nitrogen and oxygen atoms in total. The number of carboxylic acids is 1. The smallest absolute Gasteiger partial charge is 0.348 e. The third-order valence-corrected chi connectivity index (χ3v) is 7.71. The quantitative estimate of drug-likeness (QED) is 0.401. The molecule has 1 saturated carbocycles. The summed E-state index contributed by atoms with van der Waals surface area (Å²) < 4.78 is 0. The highest BCUT2D eigenvalue weighted by Gasteiger charge is 2.36. The second-order valence-corrected chi connectivity index (χ2v) is 10.0. The molecule has 4 rings (SSSR count). The Kier molecular flexibility index (Phi) is 6.89. The highest BCUT2D eigenvalue weighted by Crippen LogP contribution is 2.41. The van der Waals surface area contributed by atoms with Crippen molar-refractivity contribution in [2.45, 2.75) is 38.6 Å². The number of amides is 1. The van der Waals surface area contributed by atoms with Gasteiger partial charge in [0.25, 0.3) is 5.91 Å². The lowest BCUT2D eigenvalue weighted by Crippen LogP contribution is -2.46. The lowest BCUT2D eigenvalue weighted by Gasteiger charge is -2.38. The molecule has 0 spiro atoms. The van der Waals surface area contributed by atoms with E-state index in [1.165, 1.54) is 11.3 Å². The Hall–Kier alpha value is -2.34. The minimum Gasteiger partial charge on any atom is -0.477 e. The van der Waals surface area contributed by atoms with E-state index in [9.17, 15) is 14.7 Å². The van der Waals surface area contributed by atoms with Crippen LogP contribution >= 0.6 is 34.5 Å². The average molecular weight is 488 g/mol. The van der Waals surface area contributed by atoms with Crippen LogP contribution in [0.5, 0.6) is 0 Å². The van der Waals surface area contributed by atoms with Gasteiger partial charge >= 0.3 is 5.97 Å². The van der Waals surface area contributed by atoms with Gasteiger partial charge in [-0.3, -0.25) is 4.79 Å². The number of nitrogens with zero attached hydrogens (tertiary/aromatic N) is 1. The van der Waals surface area contributed by atoms with Crippen molar-refractivity contribution in [1.82, 2.24) is 0 Å². The average Bonchev–Trinajstić information content (AvgIpc) is 3.21. The molecule has 32 heavy (non-hydrogen) atoms. The standard InChI is InChI=1S/C25H23Cl2NO3S/c1-15-7-5-6-10-20(15)28(24(29)18-12-11-17(26)13-19(18)27)21-14-22(32-23(21)25(30)31)16-8-3-2-4-9-16/h2-4,8-9,11-15,20H,5-7,10H2,1H3,(H,30,31). The third kappa shape index (κ3) is 4.56. The maximum atomic E-state index is 13.9. The van der Waals surface area contributed by atoms with Crippen LogP contribution in [-0.4, -0.2) is 23.0 Å². The molecule has 1 heterocycles. The SMILES string of the molecule is CC1CCCCC1N(C(=O)c1ccc(Cl)cc1Cl)c1cc(-c2ccccc2)sc1C(=O)O. The molecule has 1 aromatic heterocycles.